The molecule has 0 aliphatic heterocycles. The first kappa shape index (κ1) is 15.1. The molecule has 6 nitrogen and oxygen atoms in total. The Bertz CT molecular complexity index is 810. The van der Waals surface area contributed by atoms with Crippen LogP contribution >= 0.6 is 23.2 Å². The Morgan fingerprint density at radius 3 is 2.45 bits per heavy atom. The lowest BCUT2D eigenvalue weighted by Gasteiger charge is -2.13. The number of carboxylic acid groups (broad SMARTS) is 1. The molecule has 20 heavy (non-hydrogen) atoms. The molecule has 0 fully saturated rings. The first-order valence-electron chi connectivity index (χ1n) is 5.23. The molecule has 0 aliphatic rings. The molecule has 1 aromatic carbocycles. The second-order valence-corrected chi connectivity index (χ2v) is 7.02. The highest BCUT2D eigenvalue weighted by atomic mass is 35.5. The average molecular weight is 338 g/mol. The summed E-state index contributed by atoms with van der Waals surface area (Å²) in [5.41, 5.74) is 0. The highest BCUT2D eigenvalue weighted by Gasteiger charge is 2.27. The minimum Gasteiger partial charge on any atom is -0.475 e. The highest BCUT2D eigenvalue weighted by Crippen LogP contribution is 2.39. The number of furan rings is 1. The monoisotopic (exact) mass is 337 g/mol. The van der Waals surface area contributed by atoms with Gasteiger partial charge in [-0.3, -0.25) is 0 Å². The van der Waals surface area contributed by atoms with E-state index in [4.69, 9.17) is 32.7 Å². The van der Waals surface area contributed by atoms with Gasteiger partial charge in [-0.2, -0.15) is 0 Å². The van der Waals surface area contributed by atoms with E-state index in [0.29, 0.717) is 0 Å². The fourth-order valence-corrected chi connectivity index (χ4v) is 3.30. The van der Waals surface area contributed by atoms with Gasteiger partial charge in [0.05, 0.1) is 20.3 Å². The number of nitrogens with zero attached hydrogens (tertiary/aromatic N) is 1. The number of hydrogen-bond acceptors (Lipinski definition) is 4. The van der Waals surface area contributed by atoms with Gasteiger partial charge in [-0.15, -0.1) is 0 Å². The molecule has 0 atom stereocenters. The Hall–Kier alpha value is -1.28. The van der Waals surface area contributed by atoms with Crippen LogP contribution in [-0.2, 0) is 10.0 Å². The van der Waals surface area contributed by atoms with Gasteiger partial charge in [-0.25, -0.2) is 17.5 Å². The van der Waals surface area contributed by atoms with E-state index >= 15 is 0 Å². The second-order valence-electron chi connectivity index (χ2n) is 4.12. The van der Waals surface area contributed by atoms with Crippen LogP contribution in [0.3, 0.4) is 0 Å². The predicted molar refractivity (Wildman–Crippen MR) is 74.1 cm³/mol. The van der Waals surface area contributed by atoms with Gasteiger partial charge < -0.3 is 9.52 Å². The lowest BCUT2D eigenvalue weighted by atomic mass is 10.2. The topological polar surface area (TPSA) is 87.8 Å². The van der Waals surface area contributed by atoms with Gasteiger partial charge in [-0.1, -0.05) is 23.2 Å². The Balaban J connectivity index is 2.97. The largest absolute Gasteiger partial charge is 0.475 e. The molecule has 1 heterocycles. The molecule has 1 N–H and O–H groups in total. The number of fused-ring (bicyclic) bond motifs is 1. The average Bonchev–Trinajstić information content (AvgIpc) is 2.78. The van der Waals surface area contributed by atoms with Crippen LogP contribution < -0.4 is 0 Å². The van der Waals surface area contributed by atoms with Gasteiger partial charge in [0.15, 0.2) is 0 Å². The molecule has 0 aliphatic carbocycles. The van der Waals surface area contributed by atoms with E-state index in [2.05, 4.69) is 0 Å². The Kier molecular flexibility index (Phi) is 3.72. The summed E-state index contributed by atoms with van der Waals surface area (Å²) in [6, 6.07) is 1.17. The minimum atomic E-state index is -3.82. The van der Waals surface area contributed by atoms with Gasteiger partial charge >= 0.3 is 5.97 Å². The smallest absolute Gasteiger partial charge is 0.372 e. The molecule has 0 saturated heterocycles. The van der Waals surface area contributed by atoms with Gasteiger partial charge in [0.25, 0.3) is 0 Å². The number of aromatic carboxylic acids is 1. The van der Waals surface area contributed by atoms with Crippen molar-refractivity contribution in [1.82, 2.24) is 4.31 Å². The third-order valence-electron chi connectivity index (χ3n) is 2.70. The maximum atomic E-state index is 12.2. The van der Waals surface area contributed by atoms with E-state index in [1.807, 2.05) is 0 Å². The third-order valence-corrected chi connectivity index (χ3v) is 5.34. The van der Waals surface area contributed by atoms with Crippen molar-refractivity contribution < 1.29 is 22.7 Å². The Morgan fingerprint density at radius 1 is 1.35 bits per heavy atom. The standard InChI is InChI=1S/C11H9Cl2NO5S/c1-14(2)20(17,18)7-3-6(12)9(13)8-5(7)4-19-10(8)11(15)16/h3-4H,1-2H3,(H,15,16). The summed E-state index contributed by atoms with van der Waals surface area (Å²) in [6.45, 7) is 0. The second kappa shape index (κ2) is 4.92. The molecule has 0 saturated carbocycles. The van der Waals surface area contributed by atoms with Gasteiger partial charge in [0, 0.05) is 19.5 Å². The summed E-state index contributed by atoms with van der Waals surface area (Å²) < 4.78 is 30.3. The molecule has 0 spiro atoms. The number of benzene rings is 1. The number of rotatable bonds is 3. The Morgan fingerprint density at radius 2 is 1.95 bits per heavy atom. The summed E-state index contributed by atoms with van der Waals surface area (Å²) in [7, 11) is -1.12. The summed E-state index contributed by atoms with van der Waals surface area (Å²) in [6.07, 6.45) is 1.04. The maximum Gasteiger partial charge on any atom is 0.372 e. The van der Waals surface area contributed by atoms with E-state index in [1.54, 1.807) is 0 Å². The lowest BCUT2D eigenvalue weighted by molar-refractivity contribution is 0.0665. The quantitative estimate of drug-likeness (QED) is 0.930. The molecule has 9 heteroatoms. The molecule has 0 unspecified atom stereocenters. The van der Waals surface area contributed by atoms with Crippen molar-refractivity contribution in [2.75, 3.05) is 14.1 Å². The van der Waals surface area contributed by atoms with Crippen molar-refractivity contribution in [3.8, 4) is 0 Å². The summed E-state index contributed by atoms with van der Waals surface area (Å²) in [5, 5.41) is 8.94. The van der Waals surface area contributed by atoms with Crippen molar-refractivity contribution in [3.63, 3.8) is 0 Å². The van der Waals surface area contributed by atoms with E-state index < -0.39 is 21.8 Å². The molecule has 0 amide bonds. The minimum absolute atomic E-state index is 0.0351. The van der Waals surface area contributed by atoms with Crippen LogP contribution in [0.15, 0.2) is 21.6 Å². The van der Waals surface area contributed by atoms with E-state index in [1.165, 1.54) is 20.2 Å². The maximum absolute atomic E-state index is 12.2. The SMILES string of the molecule is CN(C)S(=O)(=O)c1cc(Cl)c(Cl)c2c(C(=O)O)occ12. The zero-order chi connectivity index (χ0) is 15.2. The molecule has 2 rings (SSSR count). The summed E-state index contributed by atoms with van der Waals surface area (Å²) in [5.74, 6) is -1.82. The number of halogens is 2. The zero-order valence-corrected chi connectivity index (χ0v) is 12.7. The van der Waals surface area contributed by atoms with Gasteiger partial charge in [-0.05, 0) is 6.07 Å². The molecule has 1 aromatic heterocycles. The van der Waals surface area contributed by atoms with Crippen LogP contribution in [0.5, 0.6) is 0 Å². The first-order chi connectivity index (χ1) is 9.17. The molecule has 108 valence electrons. The van der Waals surface area contributed by atoms with Crippen LogP contribution in [0.2, 0.25) is 10.0 Å². The third kappa shape index (κ3) is 2.16. The number of hydrogen-bond donors (Lipinski definition) is 1. The van der Waals surface area contributed by atoms with Crippen molar-refractivity contribution in [1.29, 1.82) is 0 Å². The lowest BCUT2D eigenvalue weighted by Crippen LogP contribution is -2.22. The fraction of sp³-hybridized carbons (Fsp3) is 0.182. The van der Waals surface area contributed by atoms with E-state index in [0.717, 1.165) is 10.6 Å². The number of carboxylic acids is 1. The molecule has 0 radical (unpaired) electrons. The van der Waals surface area contributed by atoms with Crippen LogP contribution in [0.1, 0.15) is 10.6 Å². The van der Waals surface area contributed by atoms with Crippen molar-refractivity contribution in [2.45, 2.75) is 4.90 Å². The predicted octanol–water partition coefficient (Wildman–Crippen LogP) is 2.69. The van der Waals surface area contributed by atoms with E-state index in [-0.39, 0.29) is 25.7 Å². The van der Waals surface area contributed by atoms with Crippen molar-refractivity contribution in [2.24, 2.45) is 0 Å². The molecule has 0 bridgehead atoms. The summed E-state index contributed by atoms with van der Waals surface area (Å²) in [4.78, 5) is 10.9. The fourth-order valence-electron chi connectivity index (χ4n) is 1.70. The Labute approximate surface area is 124 Å². The first-order valence-corrected chi connectivity index (χ1v) is 7.42. The van der Waals surface area contributed by atoms with Crippen molar-refractivity contribution in [3.05, 3.63) is 28.1 Å². The van der Waals surface area contributed by atoms with Crippen molar-refractivity contribution >= 4 is 50.0 Å². The van der Waals surface area contributed by atoms with Crippen LogP contribution in [0.4, 0.5) is 0 Å². The highest BCUT2D eigenvalue weighted by molar-refractivity contribution is 7.89. The molecule has 2 aromatic rings. The van der Waals surface area contributed by atoms with Crippen LogP contribution in [0.25, 0.3) is 10.8 Å². The zero-order valence-electron chi connectivity index (χ0n) is 10.3. The van der Waals surface area contributed by atoms with Crippen LogP contribution in [-0.4, -0.2) is 37.9 Å². The molecular formula is C11H9Cl2NO5S. The summed E-state index contributed by atoms with van der Waals surface area (Å²) >= 11 is 11.8. The van der Waals surface area contributed by atoms with E-state index in [9.17, 15) is 13.2 Å². The number of carbonyl (C=O) groups is 1. The normalized spacial score (nSPS) is 12.2. The van der Waals surface area contributed by atoms with Crippen LogP contribution in [0, 0.1) is 0 Å². The van der Waals surface area contributed by atoms with Gasteiger partial charge in [0.1, 0.15) is 6.26 Å². The van der Waals surface area contributed by atoms with Gasteiger partial charge in [0.2, 0.25) is 15.8 Å². The molecular weight excluding hydrogens is 329 g/mol. The number of sulfonamides is 1.